The van der Waals surface area contributed by atoms with E-state index in [1.807, 2.05) is 0 Å². The van der Waals surface area contributed by atoms with Crippen LogP contribution in [0.5, 0.6) is 0 Å². The van der Waals surface area contributed by atoms with E-state index in [9.17, 15) is 18.0 Å². The normalized spacial score (nSPS) is 17.2. The minimum Gasteiger partial charge on any atom is -0.462 e. The van der Waals surface area contributed by atoms with E-state index in [1.54, 1.807) is 29.7 Å². The molecule has 178 valence electrons. The van der Waals surface area contributed by atoms with Gasteiger partial charge in [0.2, 0.25) is 0 Å². The molecule has 1 atom stereocenters. The molecule has 12 heteroatoms. The number of ether oxygens (including phenoxy) is 1. The summed E-state index contributed by atoms with van der Waals surface area (Å²) in [6.07, 6.45) is 6.45. The second kappa shape index (κ2) is 10.0. The minimum absolute atomic E-state index is 0.0907. The number of esters is 1. The van der Waals surface area contributed by atoms with Crippen LogP contribution in [0.15, 0.2) is 39.5 Å². The van der Waals surface area contributed by atoms with Gasteiger partial charge in [0.15, 0.2) is 4.80 Å². The van der Waals surface area contributed by atoms with Crippen LogP contribution in [0.1, 0.15) is 30.1 Å². The molecule has 0 saturated carbocycles. The zero-order valence-electron chi connectivity index (χ0n) is 18.1. The highest BCUT2D eigenvalue weighted by molar-refractivity contribution is 7.91. The van der Waals surface area contributed by atoms with Crippen LogP contribution in [0.25, 0.3) is 10.2 Å². The molecular formula is C22H20ClN3O5S3. The summed E-state index contributed by atoms with van der Waals surface area (Å²) in [5, 5.41) is 0. The van der Waals surface area contributed by atoms with Gasteiger partial charge in [0.25, 0.3) is 15.9 Å². The molecule has 1 fully saturated rings. The van der Waals surface area contributed by atoms with E-state index in [0.29, 0.717) is 37.8 Å². The third-order valence-electron chi connectivity index (χ3n) is 5.25. The van der Waals surface area contributed by atoms with Crippen LogP contribution in [0, 0.1) is 12.3 Å². The number of amides is 1. The average molecular weight is 538 g/mol. The third kappa shape index (κ3) is 4.69. The molecule has 0 bridgehead atoms. The molecule has 4 rings (SSSR count). The smallest absolute Gasteiger partial charge is 0.338 e. The topological polar surface area (TPSA) is 98.0 Å². The van der Waals surface area contributed by atoms with Crippen LogP contribution in [0.3, 0.4) is 0 Å². The summed E-state index contributed by atoms with van der Waals surface area (Å²) in [5.41, 5.74) is 1.09. The van der Waals surface area contributed by atoms with Gasteiger partial charge in [-0.05, 0) is 50.1 Å². The van der Waals surface area contributed by atoms with Crippen molar-refractivity contribution in [1.82, 2.24) is 8.87 Å². The number of aromatic nitrogens is 1. The standard InChI is InChI=1S/C22H20ClN3O5S3/c1-3-11-25-15-8-7-14(21(28)31-4-2)13-17(15)32-22(25)24-20(27)16-6-5-12-26(16)34(29,30)19-10-9-18(23)33-19/h1,7-10,13,16H,4-6,11-12H2,2H3. The predicted molar refractivity (Wildman–Crippen MR) is 131 cm³/mol. The van der Waals surface area contributed by atoms with Crippen molar-refractivity contribution in [3.05, 3.63) is 45.0 Å². The van der Waals surface area contributed by atoms with Crippen molar-refractivity contribution in [2.45, 2.75) is 36.6 Å². The molecule has 8 nitrogen and oxygen atoms in total. The van der Waals surface area contributed by atoms with Gasteiger partial charge < -0.3 is 9.30 Å². The maximum Gasteiger partial charge on any atom is 0.338 e. The van der Waals surface area contributed by atoms with E-state index in [4.69, 9.17) is 22.8 Å². The van der Waals surface area contributed by atoms with Crippen molar-refractivity contribution in [2.75, 3.05) is 13.2 Å². The molecule has 1 aromatic carbocycles. The summed E-state index contributed by atoms with van der Waals surface area (Å²) in [6, 6.07) is 7.07. The average Bonchev–Trinajstić information content (AvgIpc) is 3.53. The fraction of sp³-hybridized carbons (Fsp3) is 0.318. The molecule has 0 spiro atoms. The number of carbonyl (C=O) groups is 2. The predicted octanol–water partition coefficient (Wildman–Crippen LogP) is 3.51. The minimum atomic E-state index is -3.87. The monoisotopic (exact) mass is 537 g/mol. The summed E-state index contributed by atoms with van der Waals surface area (Å²) >= 11 is 8.07. The highest BCUT2D eigenvalue weighted by Gasteiger charge is 2.40. The Balaban J connectivity index is 1.72. The Kier molecular flexibility index (Phi) is 7.25. The first kappa shape index (κ1) is 24.6. The lowest BCUT2D eigenvalue weighted by molar-refractivity contribution is -0.121. The van der Waals surface area contributed by atoms with Gasteiger partial charge in [-0.15, -0.1) is 17.8 Å². The van der Waals surface area contributed by atoms with E-state index in [1.165, 1.54) is 27.8 Å². The number of hydrogen-bond acceptors (Lipinski definition) is 7. The van der Waals surface area contributed by atoms with Gasteiger partial charge in [-0.1, -0.05) is 28.9 Å². The van der Waals surface area contributed by atoms with Crippen molar-refractivity contribution in [2.24, 2.45) is 4.99 Å². The Labute approximate surface area is 209 Å². The Hall–Kier alpha value is -2.49. The molecule has 0 aliphatic carbocycles. The third-order valence-corrected chi connectivity index (χ3v) is 9.90. The number of thiophene rings is 1. The van der Waals surface area contributed by atoms with E-state index in [-0.39, 0.29) is 23.9 Å². The van der Waals surface area contributed by atoms with Crippen molar-refractivity contribution in [3.63, 3.8) is 0 Å². The first-order valence-corrected chi connectivity index (χ1v) is 13.8. The number of benzene rings is 1. The highest BCUT2D eigenvalue weighted by Crippen LogP contribution is 2.32. The molecule has 1 aliphatic rings. The van der Waals surface area contributed by atoms with Crippen molar-refractivity contribution >= 4 is 66.4 Å². The zero-order valence-corrected chi connectivity index (χ0v) is 21.3. The molecule has 0 radical (unpaired) electrons. The number of rotatable bonds is 6. The van der Waals surface area contributed by atoms with Gasteiger partial charge >= 0.3 is 5.97 Å². The van der Waals surface area contributed by atoms with Crippen LogP contribution >= 0.6 is 34.3 Å². The first-order chi connectivity index (χ1) is 16.3. The summed E-state index contributed by atoms with van der Waals surface area (Å²) in [7, 11) is -3.87. The van der Waals surface area contributed by atoms with Gasteiger partial charge in [0.1, 0.15) is 10.3 Å². The number of terminal acetylenes is 1. The van der Waals surface area contributed by atoms with Gasteiger partial charge in [0, 0.05) is 6.54 Å². The van der Waals surface area contributed by atoms with Gasteiger partial charge in [-0.2, -0.15) is 9.30 Å². The van der Waals surface area contributed by atoms with Crippen LogP contribution in [0.4, 0.5) is 0 Å². The molecule has 1 amide bonds. The SMILES string of the molecule is C#CCn1c(=NC(=O)C2CCCN2S(=O)(=O)c2ccc(Cl)s2)sc2cc(C(=O)OCC)ccc21. The number of halogens is 1. The van der Waals surface area contributed by atoms with E-state index < -0.39 is 27.9 Å². The molecular weight excluding hydrogens is 518 g/mol. The largest absolute Gasteiger partial charge is 0.462 e. The van der Waals surface area contributed by atoms with Gasteiger partial charge in [0.05, 0.1) is 33.3 Å². The molecule has 1 aliphatic heterocycles. The van der Waals surface area contributed by atoms with Crippen LogP contribution < -0.4 is 4.80 Å². The lowest BCUT2D eigenvalue weighted by atomic mass is 10.2. The van der Waals surface area contributed by atoms with E-state index in [2.05, 4.69) is 10.9 Å². The number of hydrogen-bond donors (Lipinski definition) is 0. The van der Waals surface area contributed by atoms with Crippen LogP contribution in [-0.4, -0.2) is 48.4 Å². The van der Waals surface area contributed by atoms with E-state index in [0.717, 1.165) is 11.3 Å². The molecule has 34 heavy (non-hydrogen) atoms. The molecule has 3 aromatic rings. The second-order valence-electron chi connectivity index (χ2n) is 7.36. The number of sulfonamides is 1. The number of carbonyl (C=O) groups excluding carboxylic acids is 2. The quantitative estimate of drug-likeness (QED) is 0.354. The first-order valence-electron chi connectivity index (χ1n) is 10.4. The van der Waals surface area contributed by atoms with Gasteiger partial charge in [-0.25, -0.2) is 13.2 Å². The lowest BCUT2D eigenvalue weighted by Crippen LogP contribution is -2.40. The summed E-state index contributed by atoms with van der Waals surface area (Å²) in [4.78, 5) is 29.9. The Morgan fingerprint density at radius 1 is 1.29 bits per heavy atom. The lowest BCUT2D eigenvalue weighted by Gasteiger charge is -2.20. The summed E-state index contributed by atoms with van der Waals surface area (Å²) in [6.45, 7) is 2.37. The van der Waals surface area contributed by atoms with Crippen molar-refractivity contribution < 1.29 is 22.7 Å². The highest BCUT2D eigenvalue weighted by atomic mass is 35.5. The maximum absolute atomic E-state index is 13.2. The Morgan fingerprint density at radius 2 is 2.09 bits per heavy atom. The fourth-order valence-corrected chi connectivity index (χ4v) is 8.08. The Bertz CT molecular complexity index is 1480. The Morgan fingerprint density at radius 3 is 2.76 bits per heavy atom. The summed E-state index contributed by atoms with van der Waals surface area (Å²) in [5.74, 6) is 1.54. The van der Waals surface area contributed by atoms with Crippen LogP contribution in [0.2, 0.25) is 4.34 Å². The number of fused-ring (bicyclic) bond motifs is 1. The van der Waals surface area contributed by atoms with Gasteiger partial charge in [-0.3, -0.25) is 4.79 Å². The molecule has 1 saturated heterocycles. The molecule has 2 aromatic heterocycles. The van der Waals surface area contributed by atoms with Crippen molar-refractivity contribution in [1.29, 1.82) is 0 Å². The van der Waals surface area contributed by atoms with Crippen LogP contribution in [-0.2, 0) is 26.1 Å². The van der Waals surface area contributed by atoms with E-state index >= 15 is 0 Å². The van der Waals surface area contributed by atoms with Crippen molar-refractivity contribution in [3.8, 4) is 12.3 Å². The molecule has 1 unspecified atom stereocenters. The molecule has 0 N–H and O–H groups in total. The second-order valence-corrected chi connectivity index (χ2v) is 12.2. The fourth-order valence-electron chi connectivity index (χ4n) is 3.74. The number of thiazole rings is 1. The maximum atomic E-state index is 13.2. The molecule has 3 heterocycles. The summed E-state index contributed by atoms with van der Waals surface area (Å²) < 4.78 is 35.3. The zero-order chi connectivity index (χ0) is 24.5. The number of nitrogens with zero attached hydrogens (tertiary/aromatic N) is 3.